The number of thiophene rings is 1. The second-order valence-corrected chi connectivity index (χ2v) is 12.5. The van der Waals surface area contributed by atoms with E-state index >= 15 is 0 Å². The molecule has 0 aliphatic carbocycles. The molecule has 0 radical (unpaired) electrons. The molecule has 1 atom stereocenters. The summed E-state index contributed by atoms with van der Waals surface area (Å²) in [6, 6.07) is 7.43. The Hall–Kier alpha value is -2.25. The summed E-state index contributed by atoms with van der Waals surface area (Å²) in [6.45, 7) is 4.41. The van der Waals surface area contributed by atoms with Gasteiger partial charge in [0.05, 0.1) is 27.8 Å². The van der Waals surface area contributed by atoms with Crippen molar-refractivity contribution < 1.29 is 27.5 Å². The molecule has 9 nitrogen and oxygen atoms in total. The van der Waals surface area contributed by atoms with Gasteiger partial charge in [-0.15, -0.1) is 11.3 Å². The summed E-state index contributed by atoms with van der Waals surface area (Å²) in [5, 5.41) is 0. The Bertz CT molecular complexity index is 1430. The van der Waals surface area contributed by atoms with Crippen LogP contribution in [0.25, 0.3) is 10.2 Å². The summed E-state index contributed by atoms with van der Waals surface area (Å²) in [7, 11) is -3.88. The second-order valence-electron chi connectivity index (χ2n) is 7.62. The van der Waals surface area contributed by atoms with Crippen LogP contribution in [0, 0.1) is 0 Å². The van der Waals surface area contributed by atoms with Crippen molar-refractivity contribution in [3.63, 3.8) is 0 Å². The van der Waals surface area contributed by atoms with Gasteiger partial charge in [0.15, 0.2) is 4.80 Å². The van der Waals surface area contributed by atoms with Gasteiger partial charge in [0.25, 0.3) is 15.9 Å². The average molecular weight is 558 g/mol. The lowest BCUT2D eigenvalue weighted by Gasteiger charge is -2.20. The highest BCUT2D eigenvalue weighted by Gasteiger charge is 2.40. The molecule has 1 aliphatic rings. The number of ether oxygens (including phenoxy) is 2. The molecule has 35 heavy (non-hydrogen) atoms. The summed E-state index contributed by atoms with van der Waals surface area (Å²) in [5.41, 5.74) is 0.696. The first-order valence-corrected chi connectivity index (χ1v) is 14.5. The largest absolute Gasteiger partial charge is 0.494 e. The van der Waals surface area contributed by atoms with Crippen molar-refractivity contribution in [1.82, 2.24) is 8.87 Å². The van der Waals surface area contributed by atoms with Gasteiger partial charge in [-0.1, -0.05) is 22.9 Å². The van der Waals surface area contributed by atoms with Crippen LogP contribution in [0.1, 0.15) is 26.7 Å². The highest BCUT2D eigenvalue weighted by atomic mass is 35.5. The molecule has 13 heteroatoms. The number of fused-ring (bicyclic) bond motifs is 1. The number of carbonyl (C=O) groups is 2. The first kappa shape index (κ1) is 25.8. The van der Waals surface area contributed by atoms with Crippen molar-refractivity contribution in [3.8, 4) is 5.75 Å². The molecule has 0 saturated carbocycles. The molecule has 0 N–H and O–H groups in total. The second kappa shape index (κ2) is 10.8. The molecule has 1 fully saturated rings. The van der Waals surface area contributed by atoms with E-state index in [0.717, 1.165) is 16.0 Å². The Balaban J connectivity index is 1.73. The van der Waals surface area contributed by atoms with Gasteiger partial charge in [0.2, 0.25) is 0 Å². The first-order valence-electron chi connectivity index (χ1n) is 11.0. The third-order valence-electron chi connectivity index (χ3n) is 5.36. The van der Waals surface area contributed by atoms with E-state index in [1.165, 1.54) is 27.8 Å². The molecule has 1 saturated heterocycles. The molecule has 2 aromatic heterocycles. The van der Waals surface area contributed by atoms with Gasteiger partial charge in [-0.05, 0) is 57.0 Å². The number of rotatable bonds is 8. The Morgan fingerprint density at radius 3 is 2.66 bits per heavy atom. The van der Waals surface area contributed by atoms with E-state index in [2.05, 4.69) is 4.99 Å². The molecule has 0 bridgehead atoms. The number of hydrogen-bond donors (Lipinski definition) is 0. The van der Waals surface area contributed by atoms with Crippen LogP contribution in [-0.2, 0) is 30.9 Å². The lowest BCUT2D eigenvalue weighted by Crippen LogP contribution is -2.40. The van der Waals surface area contributed by atoms with Gasteiger partial charge in [0, 0.05) is 6.54 Å². The Kier molecular flexibility index (Phi) is 7.96. The fourth-order valence-electron chi connectivity index (χ4n) is 3.88. The van der Waals surface area contributed by atoms with Gasteiger partial charge >= 0.3 is 5.97 Å². The van der Waals surface area contributed by atoms with Crippen LogP contribution in [-0.4, -0.2) is 55.0 Å². The summed E-state index contributed by atoms with van der Waals surface area (Å²) in [4.78, 5) is 30.1. The lowest BCUT2D eigenvalue weighted by molar-refractivity contribution is -0.143. The quantitative estimate of drug-likeness (QED) is 0.391. The highest BCUT2D eigenvalue weighted by Crippen LogP contribution is 2.32. The van der Waals surface area contributed by atoms with Crippen molar-refractivity contribution in [1.29, 1.82) is 0 Å². The normalized spacial score (nSPS) is 17.2. The minimum absolute atomic E-state index is 0.0879. The number of aromatic nitrogens is 1. The number of amides is 1. The van der Waals surface area contributed by atoms with Crippen molar-refractivity contribution in [2.24, 2.45) is 4.99 Å². The average Bonchev–Trinajstić information content (AvgIpc) is 3.54. The molecule has 188 valence electrons. The zero-order valence-electron chi connectivity index (χ0n) is 19.1. The molecule has 4 rings (SSSR count). The Morgan fingerprint density at radius 2 is 1.97 bits per heavy atom. The molecular weight excluding hydrogens is 534 g/mol. The first-order chi connectivity index (χ1) is 16.7. The zero-order chi connectivity index (χ0) is 25.2. The van der Waals surface area contributed by atoms with Crippen molar-refractivity contribution >= 4 is 66.4 Å². The van der Waals surface area contributed by atoms with Crippen LogP contribution in [0.2, 0.25) is 4.34 Å². The number of nitrogens with zero attached hydrogens (tertiary/aromatic N) is 3. The number of esters is 1. The van der Waals surface area contributed by atoms with E-state index in [0.29, 0.717) is 35.1 Å². The summed E-state index contributed by atoms with van der Waals surface area (Å²) >= 11 is 8.11. The van der Waals surface area contributed by atoms with E-state index < -0.39 is 27.9 Å². The zero-order valence-corrected chi connectivity index (χ0v) is 22.3. The van der Waals surface area contributed by atoms with Crippen LogP contribution in [0.3, 0.4) is 0 Å². The summed E-state index contributed by atoms with van der Waals surface area (Å²) in [5.74, 6) is -0.386. The summed E-state index contributed by atoms with van der Waals surface area (Å²) < 4.78 is 41.0. The van der Waals surface area contributed by atoms with E-state index in [9.17, 15) is 18.0 Å². The molecule has 1 amide bonds. The number of hydrogen-bond acceptors (Lipinski definition) is 8. The molecule has 1 aliphatic heterocycles. The smallest absolute Gasteiger partial charge is 0.326 e. The standard InChI is InChI=1S/C22H24ClN3O6S3/c1-3-31-14-7-8-15-17(12-14)33-22(25(15)13-19(27)32-4-2)24-21(28)16-6-5-11-26(16)35(29,30)20-10-9-18(23)34-20/h7-10,12,16H,3-6,11,13H2,1-2H3. The van der Waals surface area contributed by atoms with Crippen LogP contribution in [0.15, 0.2) is 39.5 Å². The maximum Gasteiger partial charge on any atom is 0.326 e. The van der Waals surface area contributed by atoms with Crippen LogP contribution in [0.5, 0.6) is 5.75 Å². The van der Waals surface area contributed by atoms with Gasteiger partial charge in [-0.2, -0.15) is 9.30 Å². The van der Waals surface area contributed by atoms with Crippen molar-refractivity contribution in [2.45, 2.75) is 43.5 Å². The third kappa shape index (κ3) is 5.46. The van der Waals surface area contributed by atoms with E-state index in [1.54, 1.807) is 23.6 Å². The van der Waals surface area contributed by atoms with Crippen LogP contribution < -0.4 is 9.54 Å². The fraction of sp³-hybridized carbons (Fsp3) is 0.409. The Morgan fingerprint density at radius 1 is 1.17 bits per heavy atom. The number of sulfonamides is 1. The van der Waals surface area contributed by atoms with E-state index in [4.69, 9.17) is 21.1 Å². The van der Waals surface area contributed by atoms with Crippen molar-refractivity contribution in [2.75, 3.05) is 19.8 Å². The van der Waals surface area contributed by atoms with Gasteiger partial charge < -0.3 is 14.0 Å². The number of carbonyl (C=O) groups excluding carboxylic acids is 2. The van der Waals surface area contributed by atoms with Gasteiger partial charge in [0.1, 0.15) is 22.5 Å². The molecular formula is C22H24ClN3O6S3. The van der Waals surface area contributed by atoms with Crippen molar-refractivity contribution in [3.05, 3.63) is 39.5 Å². The number of halogens is 1. The molecule has 1 unspecified atom stereocenters. The minimum Gasteiger partial charge on any atom is -0.494 e. The number of thiazole rings is 1. The monoisotopic (exact) mass is 557 g/mol. The maximum atomic E-state index is 13.3. The van der Waals surface area contributed by atoms with Crippen LogP contribution in [0.4, 0.5) is 0 Å². The molecule has 0 spiro atoms. The summed E-state index contributed by atoms with van der Waals surface area (Å²) in [6.07, 6.45) is 0.898. The van der Waals surface area contributed by atoms with Gasteiger partial charge in [-0.25, -0.2) is 8.42 Å². The molecule has 3 heterocycles. The van der Waals surface area contributed by atoms with Crippen LogP contribution >= 0.6 is 34.3 Å². The number of benzene rings is 1. The predicted molar refractivity (Wildman–Crippen MR) is 134 cm³/mol. The SMILES string of the molecule is CCOC(=O)Cn1c(=NC(=O)C2CCCN2S(=O)(=O)c2ccc(Cl)s2)sc2cc(OCC)ccc21. The minimum atomic E-state index is -3.88. The molecule has 1 aromatic carbocycles. The van der Waals surface area contributed by atoms with E-state index in [1.807, 2.05) is 13.0 Å². The molecule has 3 aromatic rings. The predicted octanol–water partition coefficient (Wildman–Crippen LogP) is 3.66. The topological polar surface area (TPSA) is 107 Å². The lowest BCUT2D eigenvalue weighted by atomic mass is 10.2. The van der Waals surface area contributed by atoms with E-state index in [-0.39, 0.29) is 28.7 Å². The highest BCUT2D eigenvalue weighted by molar-refractivity contribution is 7.91. The van der Waals surface area contributed by atoms with Gasteiger partial charge in [-0.3, -0.25) is 9.59 Å². The maximum absolute atomic E-state index is 13.3. The Labute approximate surface area is 215 Å². The third-order valence-corrected chi connectivity index (χ3v) is 10.0. The fourth-order valence-corrected chi connectivity index (χ4v) is 8.21.